The number of benzene rings is 4. The summed E-state index contributed by atoms with van der Waals surface area (Å²) in [6, 6.07) is 25.7. The summed E-state index contributed by atoms with van der Waals surface area (Å²) in [6.07, 6.45) is 1.42. The summed E-state index contributed by atoms with van der Waals surface area (Å²) in [6.45, 7) is 0.539. The molecule has 1 aromatic heterocycles. The lowest BCUT2D eigenvalue weighted by molar-refractivity contribution is 0.102. The number of aliphatic imine (C=N–C) groups is 2. The van der Waals surface area contributed by atoms with Crippen LogP contribution in [0.4, 0.5) is 5.69 Å². The molecule has 5 aromatic rings. The molecule has 53 heavy (non-hydrogen) atoms. The number of amidine groups is 2. The van der Waals surface area contributed by atoms with E-state index in [2.05, 4.69) is 36.2 Å². The molecule has 5 heterocycles. The highest BCUT2D eigenvalue weighted by molar-refractivity contribution is 9.10. The van der Waals surface area contributed by atoms with Crippen LogP contribution in [0.25, 0.3) is 0 Å². The van der Waals surface area contributed by atoms with Crippen LogP contribution in [0, 0.1) is 0 Å². The number of nitrogens with two attached hydrogens (primary N) is 2. The molecule has 2 spiro atoms. The molecule has 268 valence electrons. The molecule has 5 N–H and O–H groups in total. The van der Waals surface area contributed by atoms with Gasteiger partial charge in [0.05, 0.1) is 19.2 Å². The third-order valence-electron chi connectivity index (χ3n) is 9.19. The third-order valence-corrected chi connectivity index (χ3v) is 9.91. The molecule has 0 bridgehead atoms. The summed E-state index contributed by atoms with van der Waals surface area (Å²) in [4.78, 5) is 25.9. The number of nitrogens with zero attached hydrogens (tertiary/aromatic N) is 3. The highest BCUT2D eigenvalue weighted by atomic mass is 79.9. The lowest BCUT2D eigenvalue weighted by Gasteiger charge is -2.33. The van der Waals surface area contributed by atoms with E-state index in [1.54, 1.807) is 44.6 Å². The second-order valence-electron chi connectivity index (χ2n) is 12.3. The molecule has 4 aliphatic heterocycles. The smallest absolute Gasteiger partial charge is 0.283 e. The number of nitrogens with one attached hydrogen (secondary N) is 1. The minimum absolute atomic E-state index is 0.0847. The number of hydrogen-bond acceptors (Lipinski definition) is 12. The van der Waals surface area contributed by atoms with Crippen LogP contribution in [0.1, 0.15) is 32.7 Å². The molecule has 15 heteroatoms. The van der Waals surface area contributed by atoms with E-state index in [0.717, 1.165) is 44.0 Å². The van der Waals surface area contributed by atoms with E-state index in [0.29, 0.717) is 34.6 Å². The van der Waals surface area contributed by atoms with Crippen molar-refractivity contribution in [3.05, 3.63) is 129 Å². The van der Waals surface area contributed by atoms with Crippen LogP contribution < -0.4 is 35.7 Å². The summed E-state index contributed by atoms with van der Waals surface area (Å²) in [5.41, 5.74) is 14.2. The quantitative estimate of drug-likeness (QED) is 0.175. The van der Waals surface area contributed by atoms with Crippen molar-refractivity contribution in [2.24, 2.45) is 21.5 Å². The number of hydrogen-bond donors (Lipinski definition) is 3. The number of fused-ring (bicyclic) bond motifs is 8. The molecule has 2 atom stereocenters. The molecule has 4 aliphatic rings. The van der Waals surface area contributed by atoms with Gasteiger partial charge in [-0.2, -0.15) is 0 Å². The van der Waals surface area contributed by atoms with E-state index in [4.69, 9.17) is 51.5 Å². The SMILES string of the molecule is COc1ccc2c(c1)[C@]1(COC(N)=N1)c1cc(Br)ccc1O2.COc1ccc2c(c1)[C@]1(COC(N)=N1)c1cc(NC(=O)c3ccc(Cl)cn3)ccc1O2. The van der Waals surface area contributed by atoms with Gasteiger partial charge in [0.15, 0.2) is 11.1 Å². The van der Waals surface area contributed by atoms with Gasteiger partial charge in [-0.1, -0.05) is 27.5 Å². The Morgan fingerprint density at radius 1 is 0.736 bits per heavy atom. The Morgan fingerprint density at radius 3 is 1.74 bits per heavy atom. The van der Waals surface area contributed by atoms with E-state index < -0.39 is 11.1 Å². The maximum absolute atomic E-state index is 12.6. The van der Waals surface area contributed by atoms with Crippen molar-refractivity contribution in [1.82, 2.24) is 4.98 Å². The molecule has 0 aliphatic carbocycles. The Kier molecular flexibility index (Phi) is 8.50. The number of pyridine rings is 1. The fraction of sp³-hybridized carbons (Fsp3) is 0.158. The van der Waals surface area contributed by atoms with Gasteiger partial charge in [-0.3, -0.25) is 4.79 Å². The van der Waals surface area contributed by atoms with Crippen molar-refractivity contribution in [2.75, 3.05) is 32.8 Å². The van der Waals surface area contributed by atoms with E-state index in [1.165, 1.54) is 6.20 Å². The molecule has 0 fully saturated rings. The van der Waals surface area contributed by atoms with Crippen molar-refractivity contribution in [3.63, 3.8) is 0 Å². The minimum Gasteiger partial charge on any atom is -0.497 e. The summed E-state index contributed by atoms with van der Waals surface area (Å²) in [5.74, 6) is 3.75. The maximum Gasteiger partial charge on any atom is 0.283 e. The molecule has 9 rings (SSSR count). The second kappa shape index (κ2) is 13.2. The van der Waals surface area contributed by atoms with Gasteiger partial charge < -0.3 is 45.2 Å². The van der Waals surface area contributed by atoms with Crippen LogP contribution in [0.5, 0.6) is 34.5 Å². The zero-order valence-corrected chi connectivity index (χ0v) is 30.5. The standard InChI is InChI=1S/C22H17ClN4O4.C16H13BrN2O3/c1-29-14-4-7-19-16(9-14)22(11-30-21(24)27-22)15-8-13(3-6-18(15)31-19)26-20(28)17-5-2-12(23)10-25-17;1-20-10-3-5-14-12(7-10)16(8-21-15(18)19-16)11-6-9(17)2-4-13(11)22-14/h2-10H,11H2,1H3,(H2,24,27)(H,26,28);2-7H,8H2,1H3,(H2,18,19)/t22-;16-/m00/s1. The number of ether oxygens (including phenoxy) is 6. The molecule has 0 saturated carbocycles. The Hall–Kier alpha value is -5.99. The normalized spacial score (nSPS) is 19.6. The largest absolute Gasteiger partial charge is 0.497 e. The Balaban J connectivity index is 0.000000160. The number of amides is 1. The summed E-state index contributed by atoms with van der Waals surface area (Å²) < 4.78 is 34.8. The lowest BCUT2D eigenvalue weighted by atomic mass is 9.81. The molecule has 0 unspecified atom stereocenters. The highest BCUT2D eigenvalue weighted by Crippen LogP contribution is 2.53. The van der Waals surface area contributed by atoms with Crippen LogP contribution in [0.3, 0.4) is 0 Å². The fourth-order valence-electron chi connectivity index (χ4n) is 6.68. The summed E-state index contributed by atoms with van der Waals surface area (Å²) in [5, 5.41) is 3.30. The topological polar surface area (TPSA) is 174 Å². The van der Waals surface area contributed by atoms with Gasteiger partial charge in [0.25, 0.3) is 18.0 Å². The average Bonchev–Trinajstić information content (AvgIpc) is 3.76. The number of methoxy groups -OCH3 is 2. The van der Waals surface area contributed by atoms with Crippen LogP contribution >= 0.6 is 27.5 Å². The summed E-state index contributed by atoms with van der Waals surface area (Å²) in [7, 11) is 3.22. The third kappa shape index (κ3) is 5.99. The number of aromatic nitrogens is 1. The monoisotopic (exact) mass is 796 g/mol. The van der Waals surface area contributed by atoms with Crippen LogP contribution in [0.15, 0.2) is 106 Å². The zero-order chi connectivity index (χ0) is 36.9. The Labute approximate surface area is 316 Å². The maximum atomic E-state index is 12.6. The zero-order valence-electron chi connectivity index (χ0n) is 28.2. The first kappa shape index (κ1) is 34.1. The van der Waals surface area contributed by atoms with Crippen molar-refractivity contribution in [1.29, 1.82) is 0 Å². The Morgan fingerprint density at radius 2 is 1.25 bits per heavy atom. The van der Waals surface area contributed by atoms with Gasteiger partial charge in [-0.05, 0) is 84.9 Å². The summed E-state index contributed by atoms with van der Waals surface area (Å²) >= 11 is 9.35. The first-order valence-corrected chi connectivity index (χ1v) is 17.3. The molecule has 4 aromatic carbocycles. The average molecular weight is 798 g/mol. The van der Waals surface area contributed by atoms with E-state index >= 15 is 0 Å². The van der Waals surface area contributed by atoms with Crippen molar-refractivity contribution >= 4 is 51.2 Å². The Bertz CT molecular complexity index is 2360. The van der Waals surface area contributed by atoms with Crippen molar-refractivity contribution < 1.29 is 33.2 Å². The fourth-order valence-corrected chi connectivity index (χ4v) is 7.15. The van der Waals surface area contributed by atoms with Crippen LogP contribution in [-0.2, 0) is 20.6 Å². The number of anilines is 1. The molecule has 0 saturated heterocycles. The lowest BCUT2D eigenvalue weighted by Crippen LogP contribution is -2.31. The van der Waals surface area contributed by atoms with Gasteiger partial charge in [-0.15, -0.1) is 0 Å². The van der Waals surface area contributed by atoms with Crippen molar-refractivity contribution in [3.8, 4) is 34.5 Å². The number of rotatable bonds is 4. The number of carbonyl (C=O) groups excluding carboxylic acids is 1. The van der Waals surface area contributed by atoms with E-state index in [-0.39, 0.29) is 30.3 Å². The van der Waals surface area contributed by atoms with Crippen LogP contribution in [0.2, 0.25) is 5.02 Å². The van der Waals surface area contributed by atoms with Crippen LogP contribution in [-0.4, -0.2) is 50.4 Å². The number of carbonyl (C=O) groups is 1. The van der Waals surface area contributed by atoms with Gasteiger partial charge in [0.2, 0.25) is 0 Å². The first-order valence-electron chi connectivity index (χ1n) is 16.2. The van der Waals surface area contributed by atoms with Gasteiger partial charge in [-0.25, -0.2) is 15.0 Å². The molecular formula is C38H30BrClN6O7. The first-order chi connectivity index (χ1) is 25.6. The van der Waals surface area contributed by atoms with Gasteiger partial charge in [0.1, 0.15) is 53.4 Å². The van der Waals surface area contributed by atoms with Gasteiger partial charge >= 0.3 is 0 Å². The van der Waals surface area contributed by atoms with E-state index in [1.807, 2.05) is 54.6 Å². The molecule has 1 amide bonds. The minimum atomic E-state index is -0.916. The second-order valence-corrected chi connectivity index (χ2v) is 13.6. The van der Waals surface area contributed by atoms with Gasteiger partial charge in [0, 0.05) is 38.6 Å². The molecular weight excluding hydrogens is 768 g/mol. The molecule has 13 nitrogen and oxygen atoms in total. The predicted octanol–water partition coefficient (Wildman–Crippen LogP) is 6.84. The molecule has 0 radical (unpaired) electrons. The predicted molar refractivity (Wildman–Crippen MR) is 201 cm³/mol. The van der Waals surface area contributed by atoms with E-state index in [9.17, 15) is 4.79 Å². The van der Waals surface area contributed by atoms with Crippen molar-refractivity contribution in [2.45, 2.75) is 11.1 Å². The number of halogens is 2. The highest BCUT2D eigenvalue weighted by Gasteiger charge is 2.48.